The van der Waals surface area contributed by atoms with Crippen LogP contribution in [0.25, 0.3) is 0 Å². The van der Waals surface area contributed by atoms with Gasteiger partial charge in [0.05, 0.1) is 5.56 Å². The number of rotatable bonds is 1. The average molecular weight is 235 g/mol. The molecule has 2 atom stereocenters. The number of hydrogen-bond acceptors (Lipinski definition) is 2. The molecule has 1 N–H and O–H groups in total. The molecule has 90 valence electrons. The Hall–Kier alpha value is -1.58. The van der Waals surface area contributed by atoms with E-state index >= 15 is 0 Å². The zero-order chi connectivity index (χ0) is 12.0. The van der Waals surface area contributed by atoms with Crippen LogP contribution < -0.4 is 0 Å². The summed E-state index contributed by atoms with van der Waals surface area (Å²) < 4.78 is 13.1. The molecule has 2 aliphatic rings. The number of likely N-dealkylation sites (tertiary alicyclic amines) is 1. The Kier molecular flexibility index (Phi) is 2.31. The molecule has 1 saturated heterocycles. The van der Waals surface area contributed by atoms with E-state index in [1.54, 1.807) is 4.90 Å². The third kappa shape index (κ3) is 1.68. The molecular weight excluding hydrogens is 221 g/mol. The number of carbonyl (C=O) groups excluding carboxylic acids is 1. The summed E-state index contributed by atoms with van der Waals surface area (Å²) in [6.45, 7) is 0.749. The number of amides is 1. The highest BCUT2D eigenvalue weighted by atomic mass is 19.1. The van der Waals surface area contributed by atoms with Crippen molar-refractivity contribution in [2.24, 2.45) is 5.92 Å². The van der Waals surface area contributed by atoms with Gasteiger partial charge in [-0.2, -0.15) is 0 Å². The largest absolute Gasteiger partial charge is 0.507 e. The Morgan fingerprint density at radius 1 is 1.41 bits per heavy atom. The smallest absolute Gasteiger partial charge is 0.257 e. The first kappa shape index (κ1) is 10.6. The van der Waals surface area contributed by atoms with E-state index in [1.807, 2.05) is 0 Å². The van der Waals surface area contributed by atoms with Crippen LogP contribution >= 0.6 is 0 Å². The lowest BCUT2D eigenvalue weighted by atomic mass is 10.1. The Morgan fingerprint density at radius 3 is 2.88 bits per heavy atom. The lowest BCUT2D eigenvalue weighted by Gasteiger charge is -2.27. The van der Waals surface area contributed by atoms with Crippen molar-refractivity contribution in [2.75, 3.05) is 6.54 Å². The third-order valence-corrected chi connectivity index (χ3v) is 3.86. The molecule has 3 rings (SSSR count). The van der Waals surface area contributed by atoms with E-state index in [2.05, 4.69) is 0 Å². The number of piperidine rings is 1. The van der Waals surface area contributed by atoms with Gasteiger partial charge in [-0.25, -0.2) is 4.39 Å². The zero-order valence-corrected chi connectivity index (χ0v) is 9.40. The van der Waals surface area contributed by atoms with Crippen molar-refractivity contribution in [1.82, 2.24) is 4.90 Å². The van der Waals surface area contributed by atoms with E-state index in [1.165, 1.54) is 12.5 Å². The summed E-state index contributed by atoms with van der Waals surface area (Å²) in [5.41, 5.74) is 0.0811. The van der Waals surface area contributed by atoms with E-state index in [9.17, 15) is 14.3 Å². The number of benzene rings is 1. The number of carbonyl (C=O) groups is 1. The molecule has 1 saturated carbocycles. The van der Waals surface area contributed by atoms with Gasteiger partial charge in [0.15, 0.2) is 0 Å². The number of halogens is 1. The molecule has 2 unspecified atom stereocenters. The van der Waals surface area contributed by atoms with Crippen LogP contribution in [0.2, 0.25) is 0 Å². The van der Waals surface area contributed by atoms with Gasteiger partial charge in [-0.15, -0.1) is 0 Å². The molecule has 1 heterocycles. The molecule has 0 radical (unpaired) electrons. The minimum absolute atomic E-state index is 0.0811. The molecule has 2 bridgehead atoms. The standard InChI is InChI=1S/C13H14FNO2/c14-9-2-4-12(16)11(6-9)13(17)15-7-8-1-3-10(15)5-8/h2,4,6,8,10,16H,1,3,5,7H2. The quantitative estimate of drug-likeness (QED) is 0.810. The number of phenolic OH excluding ortho intramolecular Hbond substituents is 1. The molecule has 1 amide bonds. The summed E-state index contributed by atoms with van der Waals surface area (Å²) in [4.78, 5) is 14.0. The molecule has 17 heavy (non-hydrogen) atoms. The summed E-state index contributed by atoms with van der Waals surface area (Å²) in [5, 5.41) is 9.62. The fraction of sp³-hybridized carbons (Fsp3) is 0.462. The molecule has 0 aromatic heterocycles. The maximum atomic E-state index is 13.1. The first-order valence-electron chi connectivity index (χ1n) is 5.94. The predicted molar refractivity (Wildman–Crippen MR) is 60.2 cm³/mol. The third-order valence-electron chi connectivity index (χ3n) is 3.86. The van der Waals surface area contributed by atoms with Crippen LogP contribution in [0.3, 0.4) is 0 Å². The van der Waals surface area contributed by atoms with E-state index in [4.69, 9.17) is 0 Å². The Labute approximate surface area is 98.9 Å². The maximum Gasteiger partial charge on any atom is 0.257 e. The van der Waals surface area contributed by atoms with E-state index in [0.29, 0.717) is 5.92 Å². The van der Waals surface area contributed by atoms with Crippen LogP contribution in [0.4, 0.5) is 4.39 Å². The second-order valence-electron chi connectivity index (χ2n) is 4.95. The second kappa shape index (κ2) is 3.72. The first-order chi connectivity index (χ1) is 8.15. The SMILES string of the molecule is O=C(c1cc(F)ccc1O)N1CC2CCC1C2. The number of phenols is 1. The summed E-state index contributed by atoms with van der Waals surface area (Å²) in [6.07, 6.45) is 3.28. The van der Waals surface area contributed by atoms with Crippen molar-refractivity contribution in [3.8, 4) is 5.75 Å². The minimum atomic E-state index is -0.490. The molecule has 3 nitrogen and oxygen atoms in total. The van der Waals surface area contributed by atoms with Gasteiger partial charge in [0.2, 0.25) is 0 Å². The van der Waals surface area contributed by atoms with Gasteiger partial charge in [-0.05, 0) is 43.4 Å². The molecule has 1 aromatic carbocycles. The van der Waals surface area contributed by atoms with Crippen LogP contribution in [0.5, 0.6) is 5.75 Å². The van der Waals surface area contributed by atoms with E-state index in [-0.39, 0.29) is 23.3 Å². The van der Waals surface area contributed by atoms with Crippen LogP contribution in [0.1, 0.15) is 29.6 Å². The van der Waals surface area contributed by atoms with Crippen LogP contribution in [-0.2, 0) is 0 Å². The Morgan fingerprint density at radius 2 is 2.24 bits per heavy atom. The number of fused-ring (bicyclic) bond motifs is 2. The van der Waals surface area contributed by atoms with Gasteiger partial charge < -0.3 is 10.0 Å². The Balaban J connectivity index is 1.89. The molecular formula is C13H14FNO2. The van der Waals surface area contributed by atoms with Gasteiger partial charge >= 0.3 is 0 Å². The van der Waals surface area contributed by atoms with Crippen molar-refractivity contribution in [1.29, 1.82) is 0 Å². The van der Waals surface area contributed by atoms with Crippen LogP contribution in [-0.4, -0.2) is 28.5 Å². The van der Waals surface area contributed by atoms with E-state index < -0.39 is 5.82 Å². The minimum Gasteiger partial charge on any atom is -0.507 e. The maximum absolute atomic E-state index is 13.1. The highest BCUT2D eigenvalue weighted by Gasteiger charge is 2.40. The summed E-state index contributed by atoms with van der Waals surface area (Å²) in [7, 11) is 0. The molecule has 2 fully saturated rings. The Bertz CT molecular complexity index is 474. The van der Waals surface area contributed by atoms with Gasteiger partial charge in [0.25, 0.3) is 5.91 Å². The number of aromatic hydroxyl groups is 1. The topological polar surface area (TPSA) is 40.5 Å². The predicted octanol–water partition coefficient (Wildman–Crippen LogP) is 2.16. The summed E-state index contributed by atoms with van der Waals surface area (Å²) in [5.74, 6) is -0.275. The van der Waals surface area contributed by atoms with Crippen molar-refractivity contribution in [3.05, 3.63) is 29.6 Å². The van der Waals surface area contributed by atoms with Crippen LogP contribution in [0, 0.1) is 11.7 Å². The fourth-order valence-electron chi connectivity index (χ4n) is 3.01. The first-order valence-corrected chi connectivity index (χ1v) is 5.94. The van der Waals surface area contributed by atoms with Gasteiger partial charge in [0.1, 0.15) is 11.6 Å². The van der Waals surface area contributed by atoms with Gasteiger partial charge in [-0.3, -0.25) is 4.79 Å². The summed E-state index contributed by atoms with van der Waals surface area (Å²) in [6, 6.07) is 3.79. The fourth-order valence-corrected chi connectivity index (χ4v) is 3.01. The molecule has 1 aliphatic heterocycles. The van der Waals surface area contributed by atoms with Crippen LogP contribution in [0.15, 0.2) is 18.2 Å². The van der Waals surface area contributed by atoms with Gasteiger partial charge in [0, 0.05) is 12.6 Å². The van der Waals surface area contributed by atoms with Crippen molar-refractivity contribution in [3.63, 3.8) is 0 Å². The lowest BCUT2D eigenvalue weighted by molar-refractivity contribution is 0.0700. The normalized spacial score (nSPS) is 26.5. The molecule has 1 aromatic rings. The highest BCUT2D eigenvalue weighted by Crippen LogP contribution is 2.38. The molecule has 4 heteroatoms. The lowest BCUT2D eigenvalue weighted by Crippen LogP contribution is -2.37. The van der Waals surface area contributed by atoms with Crippen molar-refractivity contribution < 1.29 is 14.3 Å². The summed E-state index contributed by atoms with van der Waals surface area (Å²) >= 11 is 0. The van der Waals surface area contributed by atoms with Gasteiger partial charge in [-0.1, -0.05) is 0 Å². The van der Waals surface area contributed by atoms with E-state index in [0.717, 1.165) is 31.5 Å². The molecule has 0 spiro atoms. The second-order valence-corrected chi connectivity index (χ2v) is 4.95. The zero-order valence-electron chi connectivity index (χ0n) is 9.40. The average Bonchev–Trinajstić information content (AvgIpc) is 2.93. The molecule has 1 aliphatic carbocycles. The highest BCUT2D eigenvalue weighted by molar-refractivity contribution is 5.97. The van der Waals surface area contributed by atoms with Crippen molar-refractivity contribution in [2.45, 2.75) is 25.3 Å². The monoisotopic (exact) mass is 235 g/mol. The number of nitrogens with zero attached hydrogens (tertiary/aromatic N) is 1. The number of hydrogen-bond donors (Lipinski definition) is 1. The van der Waals surface area contributed by atoms with Crippen molar-refractivity contribution >= 4 is 5.91 Å².